The van der Waals surface area contributed by atoms with Gasteiger partial charge in [-0.1, -0.05) is 41.4 Å². The standard InChI is InChI=1S/C18H13Cl2N3O3/c19-16-5-2-6-17(20)15(16)11-22-21-10-14-7-8-18(26-14)12-3-1-4-13(9-12)23(24)25/h1-10,22H,11H2/b21-10+. The van der Waals surface area contributed by atoms with Crippen molar-refractivity contribution in [2.45, 2.75) is 6.54 Å². The largest absolute Gasteiger partial charge is 0.455 e. The van der Waals surface area contributed by atoms with E-state index in [1.807, 2.05) is 0 Å². The Morgan fingerprint density at radius 3 is 2.58 bits per heavy atom. The molecule has 0 unspecified atom stereocenters. The van der Waals surface area contributed by atoms with Gasteiger partial charge in [-0.05, 0) is 24.3 Å². The summed E-state index contributed by atoms with van der Waals surface area (Å²) in [6.45, 7) is 0.369. The van der Waals surface area contributed by atoms with Crippen LogP contribution in [0.2, 0.25) is 10.0 Å². The van der Waals surface area contributed by atoms with Crippen molar-refractivity contribution >= 4 is 35.1 Å². The van der Waals surface area contributed by atoms with Crippen LogP contribution in [0.5, 0.6) is 0 Å². The van der Waals surface area contributed by atoms with Gasteiger partial charge in [-0.15, -0.1) is 0 Å². The van der Waals surface area contributed by atoms with Crippen LogP contribution in [0, 0.1) is 10.1 Å². The Hall–Kier alpha value is -2.83. The highest BCUT2D eigenvalue weighted by Gasteiger charge is 2.10. The third kappa shape index (κ3) is 4.22. The molecule has 0 aliphatic rings. The summed E-state index contributed by atoms with van der Waals surface area (Å²) < 4.78 is 5.64. The van der Waals surface area contributed by atoms with E-state index >= 15 is 0 Å². The van der Waals surface area contributed by atoms with Gasteiger partial charge in [-0.3, -0.25) is 10.1 Å². The zero-order valence-corrected chi connectivity index (χ0v) is 14.9. The van der Waals surface area contributed by atoms with Gasteiger partial charge in [-0.25, -0.2) is 0 Å². The lowest BCUT2D eigenvalue weighted by atomic mass is 10.1. The summed E-state index contributed by atoms with van der Waals surface area (Å²) in [6, 6.07) is 15.0. The van der Waals surface area contributed by atoms with E-state index in [-0.39, 0.29) is 5.69 Å². The Kier molecular flexibility index (Phi) is 5.55. The van der Waals surface area contributed by atoms with Crippen molar-refractivity contribution in [2.75, 3.05) is 0 Å². The van der Waals surface area contributed by atoms with Crippen molar-refractivity contribution in [1.82, 2.24) is 5.43 Å². The molecule has 0 bridgehead atoms. The van der Waals surface area contributed by atoms with Gasteiger partial charge in [0.1, 0.15) is 11.5 Å². The zero-order valence-electron chi connectivity index (χ0n) is 13.4. The number of non-ortho nitro benzene ring substituents is 1. The van der Waals surface area contributed by atoms with Crippen molar-refractivity contribution in [3.63, 3.8) is 0 Å². The molecule has 0 amide bonds. The molecule has 0 aliphatic carbocycles. The number of hydrogen-bond acceptors (Lipinski definition) is 5. The second-order valence-electron chi connectivity index (χ2n) is 5.30. The highest BCUT2D eigenvalue weighted by atomic mass is 35.5. The van der Waals surface area contributed by atoms with Crippen LogP contribution in [0.3, 0.4) is 0 Å². The molecule has 132 valence electrons. The normalized spacial score (nSPS) is 11.0. The zero-order chi connectivity index (χ0) is 18.5. The Bertz CT molecular complexity index is 950. The summed E-state index contributed by atoms with van der Waals surface area (Å²) in [6.07, 6.45) is 1.51. The Morgan fingerprint density at radius 1 is 1.12 bits per heavy atom. The molecule has 0 atom stereocenters. The molecule has 1 heterocycles. The summed E-state index contributed by atoms with van der Waals surface area (Å²) in [5, 5.41) is 16.1. The minimum atomic E-state index is -0.446. The topological polar surface area (TPSA) is 80.7 Å². The number of nitro benzene ring substituents is 1. The van der Waals surface area contributed by atoms with Gasteiger partial charge in [0, 0.05) is 33.3 Å². The lowest BCUT2D eigenvalue weighted by Gasteiger charge is -2.05. The summed E-state index contributed by atoms with van der Waals surface area (Å²) >= 11 is 12.2. The molecule has 1 N–H and O–H groups in total. The van der Waals surface area contributed by atoms with E-state index in [0.29, 0.717) is 33.7 Å². The first-order chi connectivity index (χ1) is 12.5. The molecule has 8 heteroatoms. The number of nitro groups is 1. The van der Waals surface area contributed by atoms with Gasteiger partial charge in [0.15, 0.2) is 0 Å². The predicted octanol–water partition coefficient (Wildman–Crippen LogP) is 5.29. The highest BCUT2D eigenvalue weighted by molar-refractivity contribution is 6.35. The van der Waals surface area contributed by atoms with Crippen LogP contribution in [0.4, 0.5) is 5.69 Å². The second kappa shape index (κ2) is 8.03. The third-order valence-corrected chi connectivity index (χ3v) is 4.28. The quantitative estimate of drug-likeness (QED) is 0.353. The molecule has 3 rings (SSSR count). The Balaban J connectivity index is 1.66. The van der Waals surface area contributed by atoms with Gasteiger partial charge in [-0.2, -0.15) is 5.10 Å². The molecule has 3 aromatic rings. The lowest BCUT2D eigenvalue weighted by Crippen LogP contribution is -2.06. The van der Waals surface area contributed by atoms with E-state index in [1.54, 1.807) is 42.5 Å². The van der Waals surface area contributed by atoms with Crippen LogP contribution in [0.25, 0.3) is 11.3 Å². The molecule has 0 saturated carbocycles. The van der Waals surface area contributed by atoms with Crippen molar-refractivity contribution in [3.8, 4) is 11.3 Å². The van der Waals surface area contributed by atoms with Crippen molar-refractivity contribution in [1.29, 1.82) is 0 Å². The van der Waals surface area contributed by atoms with E-state index in [2.05, 4.69) is 10.5 Å². The van der Waals surface area contributed by atoms with Crippen LogP contribution in [-0.2, 0) is 6.54 Å². The fourth-order valence-electron chi connectivity index (χ4n) is 2.29. The van der Waals surface area contributed by atoms with Gasteiger partial charge >= 0.3 is 0 Å². The monoisotopic (exact) mass is 389 g/mol. The summed E-state index contributed by atoms with van der Waals surface area (Å²) in [5.74, 6) is 1.02. The smallest absolute Gasteiger partial charge is 0.270 e. The number of benzene rings is 2. The van der Waals surface area contributed by atoms with Crippen LogP contribution >= 0.6 is 23.2 Å². The van der Waals surface area contributed by atoms with E-state index in [0.717, 1.165) is 5.56 Å². The second-order valence-corrected chi connectivity index (χ2v) is 6.12. The third-order valence-electron chi connectivity index (χ3n) is 3.57. The molecule has 26 heavy (non-hydrogen) atoms. The number of nitrogens with one attached hydrogen (secondary N) is 1. The molecule has 0 aliphatic heterocycles. The van der Waals surface area contributed by atoms with Crippen LogP contribution in [0.15, 0.2) is 64.1 Å². The minimum Gasteiger partial charge on any atom is -0.455 e. The van der Waals surface area contributed by atoms with Gasteiger partial charge in [0.25, 0.3) is 5.69 Å². The Morgan fingerprint density at radius 2 is 1.85 bits per heavy atom. The average molecular weight is 390 g/mol. The van der Waals surface area contributed by atoms with Crippen LogP contribution in [-0.4, -0.2) is 11.1 Å². The minimum absolute atomic E-state index is 0.00685. The first kappa shape index (κ1) is 18.0. The van der Waals surface area contributed by atoms with Gasteiger partial charge in [0.2, 0.25) is 0 Å². The highest BCUT2D eigenvalue weighted by Crippen LogP contribution is 2.25. The van der Waals surface area contributed by atoms with Crippen LogP contribution < -0.4 is 5.43 Å². The SMILES string of the molecule is O=[N+]([O-])c1cccc(-c2ccc(/C=N/NCc3c(Cl)cccc3Cl)o2)c1. The van der Waals surface area contributed by atoms with E-state index in [4.69, 9.17) is 27.6 Å². The molecular formula is C18H13Cl2N3O3. The molecule has 0 radical (unpaired) electrons. The number of rotatable bonds is 6. The Labute approximate surface area is 159 Å². The fraction of sp³-hybridized carbons (Fsp3) is 0.0556. The maximum atomic E-state index is 10.9. The number of hydrogen-bond donors (Lipinski definition) is 1. The van der Waals surface area contributed by atoms with E-state index in [1.165, 1.54) is 18.3 Å². The average Bonchev–Trinajstić information content (AvgIpc) is 3.10. The number of furan rings is 1. The molecule has 0 saturated heterocycles. The van der Waals surface area contributed by atoms with Gasteiger partial charge < -0.3 is 9.84 Å². The summed E-state index contributed by atoms with van der Waals surface area (Å²) in [4.78, 5) is 10.4. The molecule has 6 nitrogen and oxygen atoms in total. The molecule has 0 fully saturated rings. The molecule has 1 aromatic heterocycles. The molecular weight excluding hydrogens is 377 g/mol. The summed E-state index contributed by atoms with van der Waals surface area (Å²) in [7, 11) is 0. The first-order valence-corrected chi connectivity index (χ1v) is 8.33. The fourth-order valence-corrected chi connectivity index (χ4v) is 2.82. The van der Waals surface area contributed by atoms with Crippen molar-refractivity contribution in [2.24, 2.45) is 5.10 Å². The number of halogens is 2. The van der Waals surface area contributed by atoms with Crippen molar-refractivity contribution in [3.05, 3.63) is 86.1 Å². The molecule has 2 aromatic carbocycles. The molecule has 0 spiro atoms. The first-order valence-electron chi connectivity index (χ1n) is 7.58. The lowest BCUT2D eigenvalue weighted by molar-refractivity contribution is -0.384. The van der Waals surface area contributed by atoms with E-state index in [9.17, 15) is 10.1 Å². The van der Waals surface area contributed by atoms with E-state index < -0.39 is 4.92 Å². The predicted molar refractivity (Wildman–Crippen MR) is 102 cm³/mol. The maximum Gasteiger partial charge on any atom is 0.270 e. The van der Waals surface area contributed by atoms with Gasteiger partial charge in [0.05, 0.1) is 17.7 Å². The maximum absolute atomic E-state index is 10.9. The number of nitrogens with zero attached hydrogens (tertiary/aromatic N) is 2. The number of hydrazone groups is 1. The van der Waals surface area contributed by atoms with Crippen molar-refractivity contribution < 1.29 is 9.34 Å². The summed E-state index contributed by atoms with van der Waals surface area (Å²) in [5.41, 5.74) is 4.24. The van der Waals surface area contributed by atoms with Crippen LogP contribution in [0.1, 0.15) is 11.3 Å².